The van der Waals surface area contributed by atoms with Crippen LogP contribution in [0, 0.1) is 13.8 Å². The van der Waals surface area contributed by atoms with Crippen molar-refractivity contribution >= 4 is 23.4 Å². The SMILES string of the molecule is CCNC(=O)Nc1ccc(-c2nc3c(c(N4CCOCC4)n2)CCN(c2cc(C)nc(C)n2)[C@H]3C)cc1. The summed E-state index contributed by atoms with van der Waals surface area (Å²) < 4.78 is 5.61. The number of rotatable bonds is 5. The smallest absolute Gasteiger partial charge is 0.319 e. The second kappa shape index (κ2) is 10.7. The summed E-state index contributed by atoms with van der Waals surface area (Å²) in [5.41, 5.74) is 4.80. The fourth-order valence-corrected chi connectivity index (χ4v) is 5.01. The lowest BCUT2D eigenvalue weighted by Crippen LogP contribution is -2.40. The van der Waals surface area contributed by atoms with E-state index in [1.165, 1.54) is 5.56 Å². The second-order valence-electron chi connectivity index (χ2n) is 9.43. The van der Waals surface area contributed by atoms with Crippen LogP contribution in [0.1, 0.15) is 42.7 Å². The third-order valence-electron chi connectivity index (χ3n) is 6.78. The number of carbonyl (C=O) groups excluding carboxylic acids is 1. The van der Waals surface area contributed by atoms with Crippen molar-refractivity contribution in [3.05, 3.63) is 53.1 Å². The Morgan fingerprint density at radius 3 is 2.51 bits per heavy atom. The number of hydrogen-bond donors (Lipinski definition) is 2. The van der Waals surface area contributed by atoms with Crippen molar-refractivity contribution in [1.82, 2.24) is 25.3 Å². The molecular formula is C27H34N8O2. The van der Waals surface area contributed by atoms with E-state index in [2.05, 4.69) is 32.3 Å². The Hall–Kier alpha value is -3.79. The minimum absolute atomic E-state index is 0.0256. The van der Waals surface area contributed by atoms with E-state index in [1.807, 2.05) is 51.1 Å². The average Bonchev–Trinajstić information content (AvgIpc) is 2.89. The summed E-state index contributed by atoms with van der Waals surface area (Å²) in [4.78, 5) is 35.9. The van der Waals surface area contributed by atoms with Gasteiger partial charge in [-0.2, -0.15) is 0 Å². The van der Waals surface area contributed by atoms with Gasteiger partial charge in [-0.05, 0) is 58.4 Å². The Labute approximate surface area is 217 Å². The number of nitrogens with zero attached hydrogens (tertiary/aromatic N) is 6. The fraction of sp³-hybridized carbons (Fsp3) is 0.444. The maximum Gasteiger partial charge on any atom is 0.319 e. The predicted octanol–water partition coefficient (Wildman–Crippen LogP) is 3.65. The van der Waals surface area contributed by atoms with Gasteiger partial charge >= 0.3 is 6.03 Å². The van der Waals surface area contributed by atoms with Crippen molar-refractivity contribution in [1.29, 1.82) is 0 Å². The summed E-state index contributed by atoms with van der Waals surface area (Å²) in [5.74, 6) is 3.37. The van der Waals surface area contributed by atoms with Gasteiger partial charge in [0.15, 0.2) is 5.82 Å². The van der Waals surface area contributed by atoms with Gasteiger partial charge in [0.25, 0.3) is 0 Å². The third-order valence-corrected chi connectivity index (χ3v) is 6.78. The van der Waals surface area contributed by atoms with Crippen LogP contribution in [0.15, 0.2) is 30.3 Å². The van der Waals surface area contributed by atoms with E-state index in [9.17, 15) is 4.79 Å². The molecule has 1 fully saturated rings. The number of ether oxygens (including phenoxy) is 1. The van der Waals surface area contributed by atoms with Crippen molar-refractivity contribution in [2.24, 2.45) is 0 Å². The molecule has 2 aliphatic heterocycles. The molecule has 37 heavy (non-hydrogen) atoms. The maximum absolute atomic E-state index is 11.9. The Bertz CT molecular complexity index is 1250. The standard InChI is InChI=1S/C27H34N8O2/c1-5-28-27(36)31-21-8-6-20(7-9-21)25-32-24-18(3)35(23-16-17(2)29-19(4)30-23)11-10-22(24)26(33-25)34-12-14-37-15-13-34/h6-9,16,18H,5,10-15H2,1-4H3,(H2,28,31,36)/t18-/m0/s1. The van der Waals surface area contributed by atoms with Gasteiger partial charge in [-0.25, -0.2) is 24.7 Å². The van der Waals surface area contributed by atoms with Crippen molar-refractivity contribution in [2.45, 2.75) is 40.2 Å². The molecule has 0 radical (unpaired) electrons. The van der Waals surface area contributed by atoms with Gasteiger partial charge in [-0.3, -0.25) is 0 Å². The van der Waals surface area contributed by atoms with E-state index in [1.54, 1.807) is 0 Å². The van der Waals surface area contributed by atoms with Gasteiger partial charge in [-0.1, -0.05) is 0 Å². The number of fused-ring (bicyclic) bond motifs is 1. The lowest BCUT2D eigenvalue weighted by molar-refractivity contribution is 0.122. The topological polar surface area (TPSA) is 108 Å². The van der Waals surface area contributed by atoms with Crippen LogP contribution >= 0.6 is 0 Å². The number of carbonyl (C=O) groups is 1. The highest BCUT2D eigenvalue weighted by Crippen LogP contribution is 2.37. The van der Waals surface area contributed by atoms with Crippen LogP contribution < -0.4 is 20.4 Å². The van der Waals surface area contributed by atoms with E-state index in [-0.39, 0.29) is 12.1 Å². The highest BCUT2D eigenvalue weighted by Gasteiger charge is 2.32. The number of nitrogens with one attached hydrogen (secondary N) is 2. The lowest BCUT2D eigenvalue weighted by Gasteiger charge is -2.38. The Kier molecular flexibility index (Phi) is 7.18. The van der Waals surface area contributed by atoms with Crippen LogP contribution in [0.2, 0.25) is 0 Å². The van der Waals surface area contributed by atoms with Crippen LogP contribution in [-0.4, -0.2) is 65.4 Å². The predicted molar refractivity (Wildman–Crippen MR) is 144 cm³/mol. The van der Waals surface area contributed by atoms with Crippen LogP contribution in [-0.2, 0) is 11.2 Å². The van der Waals surface area contributed by atoms with Gasteiger partial charge in [0.1, 0.15) is 17.5 Å². The number of aromatic nitrogens is 4. The zero-order valence-electron chi connectivity index (χ0n) is 21.9. The highest BCUT2D eigenvalue weighted by molar-refractivity contribution is 5.89. The summed E-state index contributed by atoms with van der Waals surface area (Å²) in [6.45, 7) is 12.4. The molecule has 1 atom stereocenters. The summed E-state index contributed by atoms with van der Waals surface area (Å²) in [7, 11) is 0. The molecule has 0 saturated carbocycles. The number of benzene rings is 1. The summed E-state index contributed by atoms with van der Waals surface area (Å²) in [6, 6.07) is 9.51. The van der Waals surface area contributed by atoms with Gasteiger partial charge in [0, 0.05) is 54.8 Å². The maximum atomic E-state index is 11.9. The Morgan fingerprint density at radius 1 is 1.05 bits per heavy atom. The quantitative estimate of drug-likeness (QED) is 0.544. The molecular weight excluding hydrogens is 468 g/mol. The largest absolute Gasteiger partial charge is 0.378 e. The molecule has 194 valence electrons. The minimum atomic E-state index is -0.223. The van der Waals surface area contributed by atoms with Gasteiger partial charge in [0.05, 0.1) is 24.9 Å². The summed E-state index contributed by atoms with van der Waals surface area (Å²) in [6.07, 6.45) is 0.837. The molecule has 0 aliphatic carbocycles. The van der Waals surface area contributed by atoms with Gasteiger partial charge < -0.3 is 25.2 Å². The number of aryl methyl sites for hydroxylation is 2. The van der Waals surface area contributed by atoms with E-state index in [0.29, 0.717) is 25.6 Å². The second-order valence-corrected chi connectivity index (χ2v) is 9.43. The van der Waals surface area contributed by atoms with Crippen molar-refractivity contribution < 1.29 is 9.53 Å². The molecule has 10 nitrogen and oxygen atoms in total. The minimum Gasteiger partial charge on any atom is -0.378 e. The third kappa shape index (κ3) is 5.34. The molecule has 0 bridgehead atoms. The normalized spacial score (nSPS) is 17.4. The van der Waals surface area contributed by atoms with Crippen molar-refractivity contribution in [2.75, 3.05) is 54.5 Å². The lowest BCUT2D eigenvalue weighted by atomic mass is 9.97. The number of hydrogen-bond acceptors (Lipinski definition) is 8. The van der Waals surface area contributed by atoms with Crippen LogP contribution in [0.4, 0.5) is 22.1 Å². The summed E-state index contributed by atoms with van der Waals surface area (Å²) in [5, 5.41) is 5.59. The molecule has 2 aliphatic rings. The molecule has 2 N–H and O–H groups in total. The average molecular weight is 503 g/mol. The van der Waals surface area contributed by atoms with E-state index in [4.69, 9.17) is 19.7 Å². The van der Waals surface area contributed by atoms with Crippen LogP contribution in [0.3, 0.4) is 0 Å². The highest BCUT2D eigenvalue weighted by atomic mass is 16.5. The number of urea groups is 1. The molecule has 0 unspecified atom stereocenters. The molecule has 5 rings (SSSR count). The molecule has 0 spiro atoms. The summed E-state index contributed by atoms with van der Waals surface area (Å²) >= 11 is 0. The van der Waals surface area contributed by atoms with Crippen molar-refractivity contribution in [3.8, 4) is 11.4 Å². The molecule has 1 aromatic carbocycles. The van der Waals surface area contributed by atoms with Crippen LogP contribution in [0.5, 0.6) is 0 Å². The van der Waals surface area contributed by atoms with E-state index >= 15 is 0 Å². The molecule has 2 amide bonds. The molecule has 2 aromatic heterocycles. The Morgan fingerprint density at radius 2 is 1.81 bits per heavy atom. The zero-order chi connectivity index (χ0) is 25.9. The molecule has 3 aromatic rings. The number of amides is 2. The zero-order valence-corrected chi connectivity index (χ0v) is 21.9. The fourth-order valence-electron chi connectivity index (χ4n) is 5.01. The number of anilines is 3. The first-order chi connectivity index (χ1) is 17.9. The molecule has 1 saturated heterocycles. The van der Waals surface area contributed by atoms with Crippen LogP contribution in [0.25, 0.3) is 11.4 Å². The van der Waals surface area contributed by atoms with Gasteiger partial charge in [0.2, 0.25) is 0 Å². The Balaban J connectivity index is 1.52. The first-order valence-corrected chi connectivity index (χ1v) is 12.9. The first kappa shape index (κ1) is 24.9. The molecule has 10 heteroatoms. The van der Waals surface area contributed by atoms with E-state index in [0.717, 1.165) is 66.2 Å². The first-order valence-electron chi connectivity index (χ1n) is 12.9. The monoisotopic (exact) mass is 502 g/mol. The van der Waals surface area contributed by atoms with Crippen molar-refractivity contribution in [3.63, 3.8) is 0 Å². The molecule has 4 heterocycles. The van der Waals surface area contributed by atoms with E-state index < -0.39 is 0 Å². The number of morpholine rings is 1. The van der Waals surface area contributed by atoms with Gasteiger partial charge in [-0.15, -0.1) is 0 Å².